The van der Waals surface area contributed by atoms with Gasteiger partial charge in [-0.15, -0.1) is 11.8 Å². The summed E-state index contributed by atoms with van der Waals surface area (Å²) in [5.74, 6) is 1.26. The molecule has 2 unspecified atom stereocenters. The zero-order valence-electron chi connectivity index (χ0n) is 11.9. The highest BCUT2D eigenvalue weighted by Crippen LogP contribution is 2.36. The van der Waals surface area contributed by atoms with E-state index in [-0.39, 0.29) is 17.5 Å². The van der Waals surface area contributed by atoms with E-state index in [9.17, 15) is 4.79 Å². The molecule has 2 aliphatic heterocycles. The summed E-state index contributed by atoms with van der Waals surface area (Å²) in [6.07, 6.45) is 3.94. The fourth-order valence-corrected chi connectivity index (χ4v) is 4.38. The molecule has 0 spiro atoms. The van der Waals surface area contributed by atoms with Crippen LogP contribution in [0.5, 0.6) is 0 Å². The van der Waals surface area contributed by atoms with Gasteiger partial charge in [0.15, 0.2) is 0 Å². The zero-order valence-corrected chi connectivity index (χ0v) is 12.8. The minimum Gasteiger partial charge on any atom is -0.348 e. The van der Waals surface area contributed by atoms with Crippen LogP contribution in [0.3, 0.4) is 0 Å². The minimum atomic E-state index is -0.334. The SMILES string of the molecule is CCC1(C(=O)NC2CCSc3ccccc32)CCCN1. The molecule has 2 atom stereocenters. The van der Waals surface area contributed by atoms with Gasteiger partial charge >= 0.3 is 0 Å². The van der Waals surface area contributed by atoms with Crippen molar-refractivity contribution in [2.45, 2.75) is 49.1 Å². The summed E-state index contributed by atoms with van der Waals surface area (Å²) in [7, 11) is 0. The summed E-state index contributed by atoms with van der Waals surface area (Å²) in [4.78, 5) is 14.0. The number of benzene rings is 1. The van der Waals surface area contributed by atoms with E-state index < -0.39 is 0 Å². The summed E-state index contributed by atoms with van der Waals surface area (Å²) in [5.41, 5.74) is 0.945. The van der Waals surface area contributed by atoms with E-state index in [1.807, 2.05) is 11.8 Å². The number of hydrogen-bond donors (Lipinski definition) is 2. The molecular formula is C16H22N2OS. The van der Waals surface area contributed by atoms with Gasteiger partial charge in [-0.2, -0.15) is 0 Å². The molecule has 20 heavy (non-hydrogen) atoms. The Hall–Kier alpha value is -1.00. The molecule has 108 valence electrons. The lowest BCUT2D eigenvalue weighted by Gasteiger charge is -2.32. The van der Waals surface area contributed by atoms with Crippen LogP contribution < -0.4 is 10.6 Å². The van der Waals surface area contributed by atoms with Crippen molar-refractivity contribution in [3.8, 4) is 0 Å². The van der Waals surface area contributed by atoms with Gasteiger partial charge in [0.2, 0.25) is 5.91 Å². The smallest absolute Gasteiger partial charge is 0.240 e. The second-order valence-corrected chi connectivity index (χ2v) is 6.80. The second kappa shape index (κ2) is 5.78. The highest BCUT2D eigenvalue weighted by Gasteiger charge is 2.40. The van der Waals surface area contributed by atoms with Crippen molar-refractivity contribution in [3.05, 3.63) is 29.8 Å². The van der Waals surface area contributed by atoms with Gasteiger partial charge in [0.25, 0.3) is 0 Å². The maximum absolute atomic E-state index is 12.7. The number of rotatable bonds is 3. The number of thioether (sulfide) groups is 1. The van der Waals surface area contributed by atoms with Crippen molar-refractivity contribution in [3.63, 3.8) is 0 Å². The zero-order chi connectivity index (χ0) is 14.0. The number of carbonyl (C=O) groups is 1. The Balaban J connectivity index is 1.77. The molecular weight excluding hydrogens is 268 g/mol. The lowest BCUT2D eigenvalue weighted by Crippen LogP contribution is -2.54. The minimum absolute atomic E-state index is 0.172. The molecule has 1 amide bonds. The molecule has 1 saturated heterocycles. The highest BCUT2D eigenvalue weighted by molar-refractivity contribution is 7.99. The van der Waals surface area contributed by atoms with Crippen LogP contribution in [0.1, 0.15) is 44.2 Å². The maximum atomic E-state index is 12.7. The fraction of sp³-hybridized carbons (Fsp3) is 0.562. The predicted octanol–water partition coefficient (Wildman–Crippen LogP) is 2.87. The maximum Gasteiger partial charge on any atom is 0.240 e. The summed E-state index contributed by atoms with van der Waals surface area (Å²) < 4.78 is 0. The van der Waals surface area contributed by atoms with E-state index in [1.54, 1.807) is 0 Å². The number of amides is 1. The number of nitrogens with one attached hydrogen (secondary N) is 2. The van der Waals surface area contributed by atoms with Gasteiger partial charge in [-0.25, -0.2) is 0 Å². The Bertz CT molecular complexity index is 497. The molecule has 2 heterocycles. The highest BCUT2D eigenvalue weighted by atomic mass is 32.2. The van der Waals surface area contributed by atoms with Crippen LogP contribution in [-0.2, 0) is 4.79 Å². The third kappa shape index (κ3) is 2.47. The molecule has 2 N–H and O–H groups in total. The molecule has 0 aliphatic carbocycles. The van der Waals surface area contributed by atoms with Gasteiger partial charge in [0, 0.05) is 10.6 Å². The Morgan fingerprint density at radius 3 is 3.10 bits per heavy atom. The van der Waals surface area contributed by atoms with Crippen LogP contribution in [0.25, 0.3) is 0 Å². The first-order chi connectivity index (χ1) is 9.75. The molecule has 4 heteroatoms. The Labute approximate surface area is 124 Å². The van der Waals surface area contributed by atoms with Crippen molar-refractivity contribution in [2.24, 2.45) is 0 Å². The lowest BCUT2D eigenvalue weighted by atomic mass is 9.92. The third-order valence-corrected chi connectivity index (χ3v) is 5.67. The second-order valence-electron chi connectivity index (χ2n) is 5.67. The predicted molar refractivity (Wildman–Crippen MR) is 82.9 cm³/mol. The first-order valence-corrected chi connectivity index (χ1v) is 8.51. The van der Waals surface area contributed by atoms with Crippen molar-refractivity contribution in [2.75, 3.05) is 12.3 Å². The fourth-order valence-electron chi connectivity index (χ4n) is 3.25. The molecule has 0 bridgehead atoms. The quantitative estimate of drug-likeness (QED) is 0.899. The molecule has 3 rings (SSSR count). The monoisotopic (exact) mass is 290 g/mol. The topological polar surface area (TPSA) is 41.1 Å². The molecule has 3 nitrogen and oxygen atoms in total. The van der Waals surface area contributed by atoms with Crippen molar-refractivity contribution in [1.29, 1.82) is 0 Å². The average Bonchev–Trinajstić information content (AvgIpc) is 2.98. The first kappa shape index (κ1) is 14.0. The van der Waals surface area contributed by atoms with Crippen LogP contribution in [0.4, 0.5) is 0 Å². The van der Waals surface area contributed by atoms with E-state index >= 15 is 0 Å². The Kier molecular flexibility index (Phi) is 4.03. The van der Waals surface area contributed by atoms with Crippen LogP contribution in [-0.4, -0.2) is 23.7 Å². The van der Waals surface area contributed by atoms with Crippen LogP contribution in [0, 0.1) is 0 Å². The van der Waals surface area contributed by atoms with E-state index in [1.165, 1.54) is 10.5 Å². The molecule has 1 aromatic carbocycles. The summed E-state index contributed by atoms with van der Waals surface area (Å²) in [5, 5.41) is 6.71. The van der Waals surface area contributed by atoms with E-state index in [0.717, 1.165) is 38.0 Å². The van der Waals surface area contributed by atoms with Gasteiger partial charge in [0.1, 0.15) is 0 Å². The van der Waals surface area contributed by atoms with Gasteiger partial charge in [-0.05, 0) is 43.9 Å². The average molecular weight is 290 g/mol. The van der Waals surface area contributed by atoms with E-state index in [4.69, 9.17) is 0 Å². The number of fused-ring (bicyclic) bond motifs is 1. The first-order valence-electron chi connectivity index (χ1n) is 7.53. The Morgan fingerprint density at radius 2 is 2.35 bits per heavy atom. The summed E-state index contributed by atoms with van der Waals surface area (Å²) in [6, 6.07) is 8.61. The van der Waals surface area contributed by atoms with Crippen LogP contribution in [0.2, 0.25) is 0 Å². The van der Waals surface area contributed by atoms with Crippen molar-refractivity contribution < 1.29 is 4.79 Å². The lowest BCUT2D eigenvalue weighted by molar-refractivity contribution is -0.128. The van der Waals surface area contributed by atoms with Gasteiger partial charge < -0.3 is 10.6 Å². The van der Waals surface area contributed by atoms with Crippen molar-refractivity contribution in [1.82, 2.24) is 10.6 Å². The molecule has 0 radical (unpaired) electrons. The van der Waals surface area contributed by atoms with E-state index in [2.05, 4.69) is 41.8 Å². The standard InChI is InChI=1S/C16H22N2OS/c1-2-16(9-5-10-17-16)15(19)18-13-8-11-20-14-7-4-3-6-12(13)14/h3-4,6-7,13,17H,2,5,8-11H2,1H3,(H,18,19). The third-order valence-electron chi connectivity index (χ3n) is 4.55. The van der Waals surface area contributed by atoms with Gasteiger partial charge in [-0.1, -0.05) is 25.1 Å². The van der Waals surface area contributed by atoms with Crippen LogP contribution in [0.15, 0.2) is 29.2 Å². The summed E-state index contributed by atoms with van der Waals surface area (Å²) in [6.45, 7) is 3.06. The molecule has 1 fully saturated rings. The normalized spacial score (nSPS) is 28.9. The molecule has 0 saturated carbocycles. The number of carbonyl (C=O) groups excluding carboxylic acids is 1. The molecule has 2 aliphatic rings. The summed E-state index contributed by atoms with van der Waals surface area (Å²) >= 11 is 1.89. The Morgan fingerprint density at radius 1 is 1.50 bits per heavy atom. The van der Waals surface area contributed by atoms with Gasteiger partial charge in [0.05, 0.1) is 11.6 Å². The molecule has 0 aromatic heterocycles. The molecule has 1 aromatic rings. The largest absolute Gasteiger partial charge is 0.348 e. The number of hydrogen-bond acceptors (Lipinski definition) is 3. The van der Waals surface area contributed by atoms with Crippen molar-refractivity contribution >= 4 is 17.7 Å². The van der Waals surface area contributed by atoms with Gasteiger partial charge in [-0.3, -0.25) is 4.79 Å². The van der Waals surface area contributed by atoms with E-state index in [0.29, 0.717) is 0 Å². The van der Waals surface area contributed by atoms with Crippen LogP contribution >= 0.6 is 11.8 Å².